The topological polar surface area (TPSA) is 76.3 Å². The largest absolute Gasteiger partial charge is 0.450 e. The minimum atomic E-state index is -0.648. The van der Waals surface area contributed by atoms with E-state index in [-0.39, 0.29) is 11.2 Å². The van der Waals surface area contributed by atoms with Crippen molar-refractivity contribution >= 4 is 44.9 Å². The number of carbonyl (C=O) groups excluding carboxylic acids is 1. The monoisotopic (exact) mass is 437 g/mol. The summed E-state index contributed by atoms with van der Waals surface area (Å²) in [6.07, 6.45) is 0.894. The Labute approximate surface area is 180 Å². The second kappa shape index (κ2) is 7.04. The quantitative estimate of drug-likeness (QED) is 0.454. The summed E-state index contributed by atoms with van der Waals surface area (Å²) < 4.78 is 5.91. The first-order valence-electron chi connectivity index (χ1n) is 9.46. The molecule has 0 saturated heterocycles. The van der Waals surface area contributed by atoms with E-state index >= 15 is 0 Å². The van der Waals surface area contributed by atoms with Gasteiger partial charge in [-0.15, -0.1) is 10.2 Å². The van der Waals surface area contributed by atoms with Crippen LogP contribution >= 0.6 is 22.9 Å². The fourth-order valence-corrected chi connectivity index (χ4v) is 4.66. The van der Waals surface area contributed by atoms with E-state index in [0.29, 0.717) is 26.7 Å². The van der Waals surface area contributed by atoms with Gasteiger partial charge in [-0.3, -0.25) is 14.5 Å². The number of anilines is 1. The molecule has 6 nitrogen and oxygen atoms in total. The highest BCUT2D eigenvalue weighted by molar-refractivity contribution is 7.15. The lowest BCUT2D eigenvalue weighted by Crippen LogP contribution is -2.29. The van der Waals surface area contributed by atoms with E-state index < -0.39 is 11.9 Å². The van der Waals surface area contributed by atoms with Gasteiger partial charge in [0.05, 0.1) is 17.0 Å². The Morgan fingerprint density at radius 1 is 1.13 bits per heavy atom. The Morgan fingerprint density at radius 2 is 1.90 bits per heavy atom. The lowest BCUT2D eigenvalue weighted by molar-refractivity contribution is 0.0970. The minimum Gasteiger partial charge on any atom is -0.450 e. The van der Waals surface area contributed by atoms with E-state index in [1.165, 1.54) is 21.8 Å². The van der Waals surface area contributed by atoms with Gasteiger partial charge in [-0.2, -0.15) is 0 Å². The van der Waals surface area contributed by atoms with Gasteiger partial charge >= 0.3 is 0 Å². The highest BCUT2D eigenvalue weighted by atomic mass is 35.5. The Hall–Kier alpha value is -3.03. The number of aryl methyl sites for hydroxylation is 2. The van der Waals surface area contributed by atoms with Crippen molar-refractivity contribution in [1.82, 2.24) is 10.2 Å². The van der Waals surface area contributed by atoms with E-state index in [1.807, 2.05) is 31.2 Å². The molecule has 3 heterocycles. The summed E-state index contributed by atoms with van der Waals surface area (Å²) in [5.41, 5.74) is 2.33. The Balaban J connectivity index is 1.80. The first-order chi connectivity index (χ1) is 14.5. The zero-order valence-electron chi connectivity index (χ0n) is 16.2. The molecule has 1 atom stereocenters. The number of hydrogen-bond donors (Lipinski definition) is 0. The van der Waals surface area contributed by atoms with Crippen LogP contribution in [-0.4, -0.2) is 16.1 Å². The van der Waals surface area contributed by atoms with Crippen LogP contribution in [0.25, 0.3) is 11.0 Å². The predicted molar refractivity (Wildman–Crippen MR) is 117 cm³/mol. The molecule has 150 valence electrons. The smallest absolute Gasteiger partial charge is 0.297 e. The molecule has 1 aliphatic heterocycles. The number of rotatable bonds is 3. The minimum absolute atomic E-state index is 0.0345. The highest BCUT2D eigenvalue weighted by Crippen LogP contribution is 2.42. The lowest BCUT2D eigenvalue weighted by atomic mass is 9.97. The molecule has 4 aromatic rings. The van der Waals surface area contributed by atoms with Crippen LogP contribution in [0.1, 0.15) is 45.2 Å². The second-order valence-corrected chi connectivity index (χ2v) is 8.69. The maximum absolute atomic E-state index is 13.5. The van der Waals surface area contributed by atoms with Crippen molar-refractivity contribution in [3.8, 4) is 0 Å². The van der Waals surface area contributed by atoms with Crippen LogP contribution in [0.2, 0.25) is 5.02 Å². The third-order valence-electron chi connectivity index (χ3n) is 5.26. The normalized spacial score (nSPS) is 15.8. The number of hydrogen-bond acceptors (Lipinski definition) is 6. The number of aromatic nitrogens is 2. The molecule has 0 bridgehead atoms. The molecule has 0 fully saturated rings. The Morgan fingerprint density at radius 3 is 2.57 bits per heavy atom. The standard InChI is InChI=1S/C22H16ClN3O3S/c1-3-12-4-6-13(7-5-12)18-17-19(27)15-10-14(23)8-9-16(15)29-20(17)21(28)26(18)22-25-24-11(2)30-22/h4-10,18H,3H2,1-2H3. The molecule has 0 saturated carbocycles. The molecular formula is C22H16ClN3O3S. The van der Waals surface area contributed by atoms with E-state index in [1.54, 1.807) is 18.2 Å². The molecule has 8 heteroatoms. The van der Waals surface area contributed by atoms with E-state index in [4.69, 9.17) is 16.0 Å². The van der Waals surface area contributed by atoms with Crippen molar-refractivity contribution in [3.05, 3.63) is 85.2 Å². The van der Waals surface area contributed by atoms with Crippen LogP contribution in [-0.2, 0) is 6.42 Å². The maximum atomic E-state index is 13.5. The molecule has 5 rings (SSSR count). The number of benzene rings is 2. The van der Waals surface area contributed by atoms with Gasteiger partial charge in [-0.25, -0.2) is 0 Å². The predicted octanol–water partition coefficient (Wildman–Crippen LogP) is 4.92. The third kappa shape index (κ3) is 2.85. The summed E-state index contributed by atoms with van der Waals surface area (Å²) in [5, 5.41) is 10.1. The number of fused-ring (bicyclic) bond motifs is 2. The van der Waals surface area contributed by atoms with Crippen LogP contribution < -0.4 is 10.3 Å². The number of halogens is 1. The molecule has 0 radical (unpaired) electrons. The maximum Gasteiger partial charge on any atom is 0.297 e. The Kier molecular flexibility index (Phi) is 4.45. The van der Waals surface area contributed by atoms with Gasteiger partial charge in [0.25, 0.3) is 5.91 Å². The first-order valence-corrected chi connectivity index (χ1v) is 10.7. The second-order valence-electron chi connectivity index (χ2n) is 7.09. The fraction of sp³-hybridized carbons (Fsp3) is 0.182. The molecule has 0 aliphatic carbocycles. The third-order valence-corrected chi connectivity index (χ3v) is 6.33. The molecule has 1 amide bonds. The first kappa shape index (κ1) is 19.0. The highest BCUT2D eigenvalue weighted by Gasteiger charge is 2.45. The molecule has 2 aromatic carbocycles. The van der Waals surface area contributed by atoms with Gasteiger partial charge in [0.2, 0.25) is 10.9 Å². The SMILES string of the molecule is CCc1ccc(C2c3c(oc4ccc(Cl)cc4c3=O)C(=O)N2c2nnc(C)s2)cc1. The Bertz CT molecular complexity index is 1360. The van der Waals surface area contributed by atoms with Crippen molar-refractivity contribution in [2.24, 2.45) is 0 Å². The van der Waals surface area contributed by atoms with E-state index in [2.05, 4.69) is 17.1 Å². The van der Waals surface area contributed by atoms with Crippen molar-refractivity contribution in [1.29, 1.82) is 0 Å². The zero-order chi connectivity index (χ0) is 21.0. The van der Waals surface area contributed by atoms with E-state index in [0.717, 1.165) is 17.0 Å². The van der Waals surface area contributed by atoms with Crippen LogP contribution in [0.3, 0.4) is 0 Å². The number of amides is 1. The van der Waals surface area contributed by atoms with E-state index in [9.17, 15) is 9.59 Å². The lowest BCUT2D eigenvalue weighted by Gasteiger charge is -2.22. The zero-order valence-corrected chi connectivity index (χ0v) is 17.8. The van der Waals surface area contributed by atoms with Crippen molar-refractivity contribution < 1.29 is 9.21 Å². The fourth-order valence-electron chi connectivity index (χ4n) is 3.78. The molecule has 30 heavy (non-hydrogen) atoms. The number of nitrogens with zero attached hydrogens (tertiary/aromatic N) is 3. The summed E-state index contributed by atoms with van der Waals surface area (Å²) >= 11 is 7.41. The van der Waals surface area contributed by atoms with Crippen LogP contribution in [0.4, 0.5) is 5.13 Å². The molecule has 1 unspecified atom stereocenters. The summed E-state index contributed by atoms with van der Waals surface area (Å²) in [7, 11) is 0. The molecule has 1 aliphatic rings. The molecule has 2 aromatic heterocycles. The van der Waals surface area contributed by atoms with Crippen molar-refractivity contribution in [2.75, 3.05) is 4.90 Å². The van der Waals surface area contributed by atoms with Gasteiger partial charge < -0.3 is 4.42 Å². The average molecular weight is 438 g/mol. The van der Waals surface area contributed by atoms with Crippen molar-refractivity contribution in [2.45, 2.75) is 26.3 Å². The van der Waals surface area contributed by atoms with Gasteiger partial charge in [-0.1, -0.05) is 54.1 Å². The summed E-state index contributed by atoms with van der Waals surface area (Å²) in [5.74, 6) is -0.369. The average Bonchev–Trinajstić information content (AvgIpc) is 3.30. The van der Waals surface area contributed by atoms with Crippen LogP contribution in [0, 0.1) is 6.92 Å². The summed E-state index contributed by atoms with van der Waals surface area (Å²) in [4.78, 5) is 28.4. The summed E-state index contributed by atoms with van der Waals surface area (Å²) in [6, 6.07) is 12.0. The van der Waals surface area contributed by atoms with Crippen molar-refractivity contribution in [3.63, 3.8) is 0 Å². The molecular weight excluding hydrogens is 422 g/mol. The van der Waals surface area contributed by atoms with Gasteiger partial charge in [0, 0.05) is 5.02 Å². The molecule has 0 N–H and O–H groups in total. The van der Waals surface area contributed by atoms with Gasteiger partial charge in [0.15, 0.2) is 5.43 Å². The summed E-state index contributed by atoms with van der Waals surface area (Å²) in [6.45, 7) is 3.89. The number of carbonyl (C=O) groups is 1. The molecule has 0 spiro atoms. The van der Waals surface area contributed by atoms with Crippen LogP contribution in [0.15, 0.2) is 51.7 Å². The van der Waals surface area contributed by atoms with Gasteiger partial charge in [-0.05, 0) is 42.7 Å². The van der Waals surface area contributed by atoms with Gasteiger partial charge in [0.1, 0.15) is 10.6 Å². The van der Waals surface area contributed by atoms with Crippen LogP contribution in [0.5, 0.6) is 0 Å².